The number of hydrogen-bond donors (Lipinski definition) is 1. The Morgan fingerprint density at radius 2 is 1.70 bits per heavy atom. The Balaban J connectivity index is 1.25. The van der Waals surface area contributed by atoms with Gasteiger partial charge in [-0.25, -0.2) is 8.42 Å². The van der Waals surface area contributed by atoms with Crippen molar-refractivity contribution in [3.05, 3.63) is 107 Å². The average molecular weight is 659 g/mol. The van der Waals surface area contributed by atoms with Gasteiger partial charge in [0.25, 0.3) is 17.7 Å². The molecule has 240 valence electrons. The number of sulfonamides is 1. The molecule has 1 saturated carbocycles. The van der Waals surface area contributed by atoms with Crippen LogP contribution in [0.4, 0.5) is 20.2 Å². The summed E-state index contributed by atoms with van der Waals surface area (Å²) in [5.74, 6) is -4.19. The molecule has 1 saturated heterocycles. The van der Waals surface area contributed by atoms with Gasteiger partial charge in [0.05, 0.1) is 41.9 Å². The standard InChI is InChI=1S/C33H28F2N6O5S/c1-46-29-14-7-20(15-21(29)16-36)31(42)38-26-17-37-41-28-19-39(47(44,45)25-12-13-25)18-27(28)40(32(43)30(26)41)24-10-8-23(9-11-24)33(34,35)22-5-3-2-4-6-22/h2-11,14-15,17,25,27-28H,12-13,18-19H2,1H3,(H,38,42)/t27-,28+/m0/s1. The van der Waals surface area contributed by atoms with Crippen molar-refractivity contribution >= 4 is 33.2 Å². The van der Waals surface area contributed by atoms with Crippen LogP contribution in [-0.2, 0) is 15.9 Å². The van der Waals surface area contributed by atoms with Gasteiger partial charge in [0.15, 0.2) is 5.69 Å². The number of benzene rings is 3. The first-order chi connectivity index (χ1) is 22.5. The van der Waals surface area contributed by atoms with Gasteiger partial charge in [-0.05, 0) is 43.2 Å². The largest absolute Gasteiger partial charge is 0.495 e. The molecule has 11 nitrogen and oxygen atoms in total. The first-order valence-electron chi connectivity index (χ1n) is 14.9. The van der Waals surface area contributed by atoms with E-state index in [9.17, 15) is 23.3 Å². The van der Waals surface area contributed by atoms with E-state index in [1.54, 1.807) is 6.07 Å². The summed E-state index contributed by atoms with van der Waals surface area (Å²) in [5.41, 5.74) is 0.214. The number of rotatable bonds is 8. The fourth-order valence-electron chi connectivity index (χ4n) is 6.28. The van der Waals surface area contributed by atoms with E-state index in [1.807, 2.05) is 6.07 Å². The van der Waals surface area contributed by atoms with Gasteiger partial charge in [-0.15, -0.1) is 0 Å². The third-order valence-electron chi connectivity index (χ3n) is 8.87. The van der Waals surface area contributed by atoms with Crippen LogP contribution >= 0.6 is 0 Å². The summed E-state index contributed by atoms with van der Waals surface area (Å²) in [6, 6.07) is 17.7. The average Bonchev–Trinajstić information content (AvgIpc) is 3.73. The van der Waals surface area contributed by atoms with Crippen molar-refractivity contribution in [3.63, 3.8) is 0 Å². The zero-order valence-corrected chi connectivity index (χ0v) is 25.8. The molecular weight excluding hydrogens is 630 g/mol. The van der Waals surface area contributed by atoms with Gasteiger partial charge >= 0.3 is 0 Å². The van der Waals surface area contributed by atoms with Crippen molar-refractivity contribution in [3.8, 4) is 11.8 Å². The molecule has 3 heterocycles. The first-order valence-corrected chi connectivity index (χ1v) is 16.4. The number of fused-ring (bicyclic) bond motifs is 3. The lowest BCUT2D eigenvalue weighted by Crippen LogP contribution is -2.51. The molecule has 2 amide bonds. The van der Waals surface area contributed by atoms with Crippen LogP contribution < -0.4 is 15.0 Å². The molecule has 2 atom stereocenters. The number of ether oxygens (including phenoxy) is 1. The molecule has 0 spiro atoms. The number of alkyl halides is 2. The van der Waals surface area contributed by atoms with E-state index < -0.39 is 45.1 Å². The Bertz CT molecular complexity index is 2040. The van der Waals surface area contributed by atoms with Crippen molar-refractivity contribution in [2.45, 2.75) is 36.1 Å². The van der Waals surface area contributed by atoms with Crippen LogP contribution in [0.2, 0.25) is 0 Å². The highest BCUT2D eigenvalue weighted by Gasteiger charge is 2.53. The van der Waals surface area contributed by atoms with Crippen LogP contribution in [0.25, 0.3) is 0 Å². The Morgan fingerprint density at radius 3 is 2.36 bits per heavy atom. The molecule has 3 aromatic carbocycles. The zero-order valence-electron chi connectivity index (χ0n) is 25.0. The molecular formula is C33H28F2N6O5S. The van der Waals surface area contributed by atoms with Gasteiger partial charge in [-0.3, -0.25) is 14.3 Å². The Kier molecular flexibility index (Phi) is 7.33. The number of hydrogen-bond acceptors (Lipinski definition) is 7. The number of anilines is 2. The second-order valence-corrected chi connectivity index (χ2v) is 13.9. The predicted octanol–water partition coefficient (Wildman–Crippen LogP) is 4.53. The van der Waals surface area contributed by atoms with Gasteiger partial charge in [0, 0.05) is 35.5 Å². The van der Waals surface area contributed by atoms with Crippen LogP contribution in [0.15, 0.2) is 79.0 Å². The maximum Gasteiger partial charge on any atom is 0.298 e. The normalized spacial score (nSPS) is 19.5. The van der Waals surface area contributed by atoms with E-state index in [0.717, 1.165) is 0 Å². The summed E-state index contributed by atoms with van der Waals surface area (Å²) in [6.45, 7) is 0.0461. The Morgan fingerprint density at radius 1 is 1.02 bits per heavy atom. The number of amides is 2. The van der Waals surface area contributed by atoms with Crippen LogP contribution in [-0.4, -0.2) is 65.8 Å². The van der Waals surface area contributed by atoms with E-state index >= 15 is 8.78 Å². The third kappa shape index (κ3) is 5.12. The number of methoxy groups -OCH3 is 1. The lowest BCUT2D eigenvalue weighted by Gasteiger charge is -2.37. The summed E-state index contributed by atoms with van der Waals surface area (Å²) in [5, 5.41) is 16.1. The molecule has 2 aliphatic heterocycles. The van der Waals surface area contributed by atoms with Crippen molar-refractivity contribution in [2.75, 3.05) is 30.4 Å². The molecule has 0 bridgehead atoms. The number of nitriles is 1. The van der Waals surface area contributed by atoms with Crippen molar-refractivity contribution in [2.24, 2.45) is 0 Å². The minimum atomic E-state index is -3.62. The molecule has 2 fully saturated rings. The van der Waals surface area contributed by atoms with Crippen LogP contribution in [0.5, 0.6) is 5.75 Å². The zero-order chi connectivity index (χ0) is 33.1. The molecule has 3 aliphatic rings. The van der Waals surface area contributed by atoms with E-state index in [2.05, 4.69) is 10.4 Å². The highest BCUT2D eigenvalue weighted by Crippen LogP contribution is 2.43. The number of nitrogens with one attached hydrogen (secondary N) is 1. The van der Waals surface area contributed by atoms with E-state index in [1.165, 1.54) is 93.9 Å². The monoisotopic (exact) mass is 658 g/mol. The summed E-state index contributed by atoms with van der Waals surface area (Å²) < 4.78 is 65.2. The van der Waals surface area contributed by atoms with Crippen LogP contribution in [0, 0.1) is 11.3 Å². The summed E-state index contributed by atoms with van der Waals surface area (Å²) in [4.78, 5) is 29.0. The summed E-state index contributed by atoms with van der Waals surface area (Å²) >= 11 is 0. The maximum atomic E-state index is 15.3. The summed E-state index contributed by atoms with van der Waals surface area (Å²) in [6.07, 6.45) is 2.45. The Labute approximate surface area is 269 Å². The fourth-order valence-corrected chi connectivity index (χ4v) is 8.16. The maximum absolute atomic E-state index is 15.3. The second kappa shape index (κ2) is 11.3. The topological polar surface area (TPSA) is 138 Å². The molecule has 7 rings (SSSR count). The minimum absolute atomic E-state index is 0.000936. The molecule has 1 aromatic heterocycles. The molecule has 0 unspecified atom stereocenters. The third-order valence-corrected chi connectivity index (χ3v) is 11.2. The lowest BCUT2D eigenvalue weighted by atomic mass is 9.99. The molecule has 47 heavy (non-hydrogen) atoms. The van der Waals surface area contributed by atoms with Crippen LogP contribution in [0.1, 0.15) is 56.4 Å². The van der Waals surface area contributed by atoms with Crippen molar-refractivity contribution in [1.82, 2.24) is 14.1 Å². The molecule has 1 aliphatic carbocycles. The minimum Gasteiger partial charge on any atom is -0.495 e. The fraction of sp³-hybridized carbons (Fsp3) is 0.273. The number of aromatic nitrogens is 2. The molecule has 4 aromatic rings. The molecule has 1 N–H and O–H groups in total. The smallest absolute Gasteiger partial charge is 0.298 e. The van der Waals surface area contributed by atoms with E-state index in [4.69, 9.17) is 4.74 Å². The van der Waals surface area contributed by atoms with Crippen molar-refractivity contribution in [1.29, 1.82) is 5.26 Å². The summed E-state index contributed by atoms with van der Waals surface area (Å²) in [7, 11) is -2.21. The number of nitrogens with zero attached hydrogens (tertiary/aromatic N) is 5. The first kappa shape index (κ1) is 30.5. The molecule has 0 radical (unpaired) electrons. The second-order valence-electron chi connectivity index (χ2n) is 11.7. The van der Waals surface area contributed by atoms with Gasteiger partial charge in [-0.1, -0.05) is 42.5 Å². The quantitative estimate of drug-likeness (QED) is 0.294. The number of carbonyl (C=O) groups excluding carboxylic acids is 2. The molecule has 14 heteroatoms. The predicted molar refractivity (Wildman–Crippen MR) is 167 cm³/mol. The van der Waals surface area contributed by atoms with Crippen LogP contribution in [0.3, 0.4) is 0 Å². The van der Waals surface area contributed by atoms with Gasteiger partial charge in [0.1, 0.15) is 11.8 Å². The number of carbonyl (C=O) groups is 2. The highest BCUT2D eigenvalue weighted by molar-refractivity contribution is 7.90. The van der Waals surface area contributed by atoms with Gasteiger partial charge < -0.3 is 15.0 Å². The lowest BCUT2D eigenvalue weighted by molar-refractivity contribution is 0.0428. The van der Waals surface area contributed by atoms with E-state index in [0.29, 0.717) is 24.3 Å². The van der Waals surface area contributed by atoms with E-state index in [-0.39, 0.29) is 46.7 Å². The van der Waals surface area contributed by atoms with Crippen molar-refractivity contribution < 1.29 is 31.5 Å². The Hall–Kier alpha value is -5.13. The van der Waals surface area contributed by atoms with Gasteiger partial charge in [0.2, 0.25) is 10.0 Å². The van der Waals surface area contributed by atoms with Gasteiger partial charge in [-0.2, -0.15) is 23.4 Å². The number of halogens is 2. The SMILES string of the molecule is COc1ccc(C(=O)Nc2cnn3c2C(=O)N(c2ccc(C(F)(F)c4ccccc4)cc2)[C@H]2CN(S(=O)(=O)C4CC4)C[C@H]23)cc1C#N. The highest BCUT2D eigenvalue weighted by atomic mass is 32.2.